The van der Waals surface area contributed by atoms with Gasteiger partial charge in [-0.25, -0.2) is 4.98 Å². The van der Waals surface area contributed by atoms with Crippen molar-refractivity contribution < 1.29 is 9.53 Å². The summed E-state index contributed by atoms with van der Waals surface area (Å²) >= 11 is 1.35. The van der Waals surface area contributed by atoms with E-state index in [1.54, 1.807) is 22.8 Å². The number of carbonyl (C=O) groups excluding carboxylic acids is 1. The number of H-pyrrole nitrogens is 1. The maximum atomic E-state index is 12.5. The second-order valence-electron chi connectivity index (χ2n) is 4.41. The molecule has 0 aliphatic carbocycles. The van der Waals surface area contributed by atoms with Crippen LogP contribution in [0.3, 0.4) is 0 Å². The number of hydrogen-bond donors (Lipinski definition) is 1. The lowest BCUT2D eigenvalue weighted by atomic mass is 10.2. The molecule has 2 aromatic heterocycles. The minimum atomic E-state index is -0.156. The average Bonchev–Trinajstić information content (AvgIpc) is 3.09. The molecule has 1 fully saturated rings. The van der Waals surface area contributed by atoms with Crippen LogP contribution >= 0.6 is 11.3 Å². The molecule has 1 atom stereocenters. The monoisotopic (exact) mass is 278 g/mol. The highest BCUT2D eigenvalue weighted by atomic mass is 32.1. The third-order valence-corrected chi connectivity index (χ3v) is 3.83. The van der Waals surface area contributed by atoms with Crippen molar-refractivity contribution in [2.24, 2.45) is 0 Å². The van der Waals surface area contributed by atoms with Crippen molar-refractivity contribution in [1.82, 2.24) is 19.9 Å². The van der Waals surface area contributed by atoms with Crippen LogP contribution in [0, 0.1) is 6.92 Å². The molecule has 6 nitrogen and oxygen atoms in total. The first-order valence-electron chi connectivity index (χ1n) is 6.04. The summed E-state index contributed by atoms with van der Waals surface area (Å²) in [6.07, 6.45) is 3.37. The number of thiazole rings is 1. The summed E-state index contributed by atoms with van der Waals surface area (Å²) in [5.74, 6) is 0.764. The molecule has 19 heavy (non-hydrogen) atoms. The van der Waals surface area contributed by atoms with Crippen molar-refractivity contribution in [3.8, 4) is 0 Å². The number of imidazole rings is 1. The van der Waals surface area contributed by atoms with Gasteiger partial charge in [0.15, 0.2) is 0 Å². The number of carbonyl (C=O) groups is 1. The van der Waals surface area contributed by atoms with E-state index in [0.717, 1.165) is 11.5 Å². The van der Waals surface area contributed by atoms with Gasteiger partial charge in [0.2, 0.25) is 0 Å². The molecule has 1 saturated heterocycles. The lowest BCUT2D eigenvalue weighted by Gasteiger charge is -2.34. The predicted octanol–water partition coefficient (Wildman–Crippen LogP) is 1.39. The molecule has 1 aliphatic heterocycles. The van der Waals surface area contributed by atoms with Crippen LogP contribution in [-0.2, 0) is 4.74 Å². The number of morpholine rings is 1. The fraction of sp³-hybridized carbons (Fsp3) is 0.417. The van der Waals surface area contributed by atoms with Crippen molar-refractivity contribution in [3.63, 3.8) is 0 Å². The summed E-state index contributed by atoms with van der Waals surface area (Å²) < 4.78 is 5.48. The van der Waals surface area contributed by atoms with Crippen LogP contribution in [0.5, 0.6) is 0 Å². The molecule has 100 valence electrons. The van der Waals surface area contributed by atoms with E-state index >= 15 is 0 Å². The van der Waals surface area contributed by atoms with E-state index in [2.05, 4.69) is 15.0 Å². The van der Waals surface area contributed by atoms with Crippen LogP contribution in [-0.4, -0.2) is 45.5 Å². The Labute approximate surface area is 114 Å². The molecule has 7 heteroatoms. The van der Waals surface area contributed by atoms with Gasteiger partial charge in [-0.05, 0) is 6.92 Å². The van der Waals surface area contributed by atoms with Gasteiger partial charge in [-0.2, -0.15) is 0 Å². The fourth-order valence-electron chi connectivity index (χ4n) is 2.14. The molecule has 2 aromatic rings. The number of ether oxygens (including phenoxy) is 1. The Morgan fingerprint density at radius 1 is 1.58 bits per heavy atom. The van der Waals surface area contributed by atoms with Crippen molar-refractivity contribution in [2.75, 3.05) is 19.8 Å². The highest BCUT2D eigenvalue weighted by Gasteiger charge is 2.31. The predicted molar refractivity (Wildman–Crippen MR) is 70.0 cm³/mol. The number of nitrogens with one attached hydrogen (secondary N) is 1. The van der Waals surface area contributed by atoms with E-state index in [9.17, 15) is 4.79 Å². The molecular formula is C12H14N4O2S. The van der Waals surface area contributed by atoms with Crippen LogP contribution in [0.1, 0.15) is 27.2 Å². The zero-order chi connectivity index (χ0) is 13.2. The summed E-state index contributed by atoms with van der Waals surface area (Å²) in [6.45, 7) is 3.54. The molecule has 1 amide bonds. The van der Waals surface area contributed by atoms with E-state index < -0.39 is 0 Å². The van der Waals surface area contributed by atoms with E-state index in [1.165, 1.54) is 11.3 Å². The van der Waals surface area contributed by atoms with Crippen molar-refractivity contribution in [2.45, 2.75) is 13.0 Å². The molecule has 0 saturated carbocycles. The topological polar surface area (TPSA) is 71.1 Å². The molecule has 0 radical (unpaired) electrons. The van der Waals surface area contributed by atoms with Crippen molar-refractivity contribution >= 4 is 17.2 Å². The van der Waals surface area contributed by atoms with Gasteiger partial charge in [0.05, 0.1) is 24.9 Å². The molecule has 3 heterocycles. The van der Waals surface area contributed by atoms with Crippen molar-refractivity contribution in [3.05, 3.63) is 34.3 Å². The van der Waals surface area contributed by atoms with Gasteiger partial charge in [0, 0.05) is 18.4 Å². The van der Waals surface area contributed by atoms with Crippen LogP contribution in [0.4, 0.5) is 0 Å². The Balaban J connectivity index is 1.87. The highest BCUT2D eigenvalue weighted by Crippen LogP contribution is 2.24. The summed E-state index contributed by atoms with van der Waals surface area (Å²) in [5, 5.41) is 0. The van der Waals surface area contributed by atoms with Crippen molar-refractivity contribution in [1.29, 1.82) is 0 Å². The quantitative estimate of drug-likeness (QED) is 0.901. The normalized spacial score (nSPS) is 19.6. The van der Waals surface area contributed by atoms with Gasteiger partial charge in [0.25, 0.3) is 5.91 Å². The summed E-state index contributed by atoms with van der Waals surface area (Å²) in [7, 11) is 0. The first-order valence-corrected chi connectivity index (χ1v) is 6.92. The van der Waals surface area contributed by atoms with E-state index in [4.69, 9.17) is 4.74 Å². The van der Waals surface area contributed by atoms with Crippen LogP contribution in [0.2, 0.25) is 0 Å². The van der Waals surface area contributed by atoms with Gasteiger partial charge in [-0.3, -0.25) is 9.78 Å². The van der Waals surface area contributed by atoms with Gasteiger partial charge in [-0.15, -0.1) is 11.3 Å². The number of aromatic amines is 1. The van der Waals surface area contributed by atoms with Gasteiger partial charge in [-0.1, -0.05) is 0 Å². The number of rotatable bonds is 2. The Morgan fingerprint density at radius 2 is 2.47 bits per heavy atom. The molecule has 1 aliphatic rings. The summed E-state index contributed by atoms with van der Waals surface area (Å²) in [4.78, 5) is 26.3. The number of aromatic nitrogens is 3. The second kappa shape index (κ2) is 5.10. The summed E-state index contributed by atoms with van der Waals surface area (Å²) in [5.41, 5.74) is 2.64. The molecule has 1 unspecified atom stereocenters. The van der Waals surface area contributed by atoms with Gasteiger partial charge >= 0.3 is 0 Å². The Bertz CT molecular complexity index is 566. The smallest absolute Gasteiger partial charge is 0.266 e. The average molecular weight is 278 g/mol. The lowest BCUT2D eigenvalue weighted by Crippen LogP contribution is -2.43. The molecule has 0 bridgehead atoms. The van der Waals surface area contributed by atoms with E-state index in [0.29, 0.717) is 24.6 Å². The van der Waals surface area contributed by atoms with Crippen LogP contribution < -0.4 is 0 Å². The third kappa shape index (κ3) is 2.39. The number of amides is 1. The van der Waals surface area contributed by atoms with E-state index in [-0.39, 0.29) is 11.9 Å². The lowest BCUT2D eigenvalue weighted by molar-refractivity contribution is -0.00476. The first-order chi connectivity index (χ1) is 9.25. The standard InChI is InChI=1S/C12H14N4O2S/c1-8-4-14-11(15-8)9-6-18-3-2-16(9)12(17)10-5-13-7-19-10/h4-5,7,9H,2-3,6H2,1H3,(H,14,15). The fourth-order valence-corrected chi connectivity index (χ4v) is 2.71. The maximum absolute atomic E-state index is 12.5. The Kier molecular flexibility index (Phi) is 3.31. The molecule has 1 N–H and O–H groups in total. The minimum absolute atomic E-state index is 0.00940. The SMILES string of the molecule is Cc1cnc(C2COCCN2C(=O)c2cncs2)[nH]1. The molecule has 0 aromatic carbocycles. The molecule has 3 rings (SSSR count). The second-order valence-corrected chi connectivity index (χ2v) is 5.29. The maximum Gasteiger partial charge on any atom is 0.266 e. The van der Waals surface area contributed by atoms with Crippen LogP contribution in [0.15, 0.2) is 17.9 Å². The Morgan fingerprint density at radius 3 is 3.16 bits per heavy atom. The van der Waals surface area contributed by atoms with Crippen LogP contribution in [0.25, 0.3) is 0 Å². The largest absolute Gasteiger partial charge is 0.377 e. The van der Waals surface area contributed by atoms with E-state index in [1.807, 2.05) is 6.92 Å². The number of aryl methyl sites for hydroxylation is 1. The first kappa shape index (κ1) is 12.3. The van der Waals surface area contributed by atoms with Gasteiger partial charge < -0.3 is 14.6 Å². The number of hydrogen-bond acceptors (Lipinski definition) is 5. The molecule has 0 spiro atoms. The summed E-state index contributed by atoms with van der Waals surface area (Å²) in [6, 6.07) is -0.156. The van der Waals surface area contributed by atoms with Gasteiger partial charge in [0.1, 0.15) is 16.7 Å². The highest BCUT2D eigenvalue weighted by molar-refractivity contribution is 7.11. The Hall–Kier alpha value is -1.73. The zero-order valence-electron chi connectivity index (χ0n) is 10.5. The third-order valence-electron chi connectivity index (χ3n) is 3.07. The minimum Gasteiger partial charge on any atom is -0.377 e. The number of nitrogens with zero attached hydrogens (tertiary/aromatic N) is 3. The molecular weight excluding hydrogens is 264 g/mol. The zero-order valence-corrected chi connectivity index (χ0v) is 11.3.